The third-order valence-electron chi connectivity index (χ3n) is 6.45. The third kappa shape index (κ3) is 3.26. The highest BCUT2D eigenvalue weighted by molar-refractivity contribution is 5.98. The molecule has 10 heteroatoms. The van der Waals surface area contributed by atoms with Gasteiger partial charge in [-0.15, -0.1) is 0 Å². The number of nitrogens with two attached hydrogens (primary N) is 1. The van der Waals surface area contributed by atoms with E-state index in [1.807, 2.05) is 35.9 Å². The second kappa shape index (κ2) is 7.47. The SMILES string of the molecule is Cc1cn(-c2nccc3[nH]c(-c4n[nH]c5ccc(-c6cncc(N7CC(N)C7)n6)cc45)cc23)cn1. The molecule has 7 rings (SSSR count). The number of aryl methyl sites for hydroxylation is 1. The lowest BCUT2D eigenvalue weighted by Gasteiger charge is -2.37. The van der Waals surface area contributed by atoms with Crippen molar-refractivity contribution < 1.29 is 0 Å². The van der Waals surface area contributed by atoms with Crippen LogP contribution in [-0.4, -0.2) is 58.8 Å². The van der Waals surface area contributed by atoms with Crippen LogP contribution in [0.1, 0.15) is 5.69 Å². The van der Waals surface area contributed by atoms with Crippen molar-refractivity contribution in [3.8, 4) is 28.5 Å². The molecular weight excluding hydrogens is 440 g/mol. The van der Waals surface area contributed by atoms with Crippen LogP contribution < -0.4 is 10.6 Å². The van der Waals surface area contributed by atoms with E-state index in [0.29, 0.717) is 0 Å². The fourth-order valence-corrected chi connectivity index (χ4v) is 4.63. The van der Waals surface area contributed by atoms with Gasteiger partial charge in [0.1, 0.15) is 23.7 Å². The molecule has 6 aromatic rings. The van der Waals surface area contributed by atoms with Crippen molar-refractivity contribution in [2.24, 2.45) is 5.73 Å². The lowest BCUT2D eigenvalue weighted by atomic mass is 10.1. The van der Waals surface area contributed by atoms with E-state index in [9.17, 15) is 0 Å². The molecule has 1 aliphatic rings. The highest BCUT2D eigenvalue weighted by Crippen LogP contribution is 2.33. The zero-order valence-electron chi connectivity index (χ0n) is 19.0. The number of nitrogens with one attached hydrogen (secondary N) is 2. The second-order valence-corrected chi connectivity index (χ2v) is 8.96. The predicted molar refractivity (Wildman–Crippen MR) is 134 cm³/mol. The van der Waals surface area contributed by atoms with Gasteiger partial charge in [0.25, 0.3) is 0 Å². The Labute approximate surface area is 199 Å². The Balaban J connectivity index is 1.31. The van der Waals surface area contributed by atoms with Crippen molar-refractivity contribution in [3.63, 3.8) is 0 Å². The summed E-state index contributed by atoms with van der Waals surface area (Å²) in [5, 5.41) is 9.78. The van der Waals surface area contributed by atoms with Gasteiger partial charge in [-0.3, -0.25) is 14.6 Å². The van der Waals surface area contributed by atoms with Gasteiger partial charge in [0, 0.05) is 47.9 Å². The number of H-pyrrole nitrogens is 2. The van der Waals surface area contributed by atoms with Gasteiger partial charge in [-0.05, 0) is 31.2 Å². The van der Waals surface area contributed by atoms with Gasteiger partial charge in [-0.1, -0.05) is 6.07 Å². The Kier molecular flexibility index (Phi) is 4.24. The molecule has 5 aromatic heterocycles. The Morgan fingerprint density at radius 1 is 1.03 bits per heavy atom. The van der Waals surface area contributed by atoms with Crippen molar-refractivity contribution in [1.82, 2.24) is 39.7 Å². The number of nitrogens with zero attached hydrogens (tertiary/aromatic N) is 7. The van der Waals surface area contributed by atoms with E-state index >= 15 is 0 Å². The fraction of sp³-hybridized carbons (Fsp3) is 0.160. The number of imidazole rings is 1. The van der Waals surface area contributed by atoms with Gasteiger partial charge in [0.2, 0.25) is 0 Å². The Morgan fingerprint density at radius 3 is 2.77 bits per heavy atom. The first-order valence-electron chi connectivity index (χ1n) is 11.4. The molecule has 1 fully saturated rings. The van der Waals surface area contributed by atoms with E-state index in [1.54, 1.807) is 24.9 Å². The molecule has 0 atom stereocenters. The summed E-state index contributed by atoms with van der Waals surface area (Å²) in [6, 6.07) is 10.4. The number of hydrogen-bond acceptors (Lipinski definition) is 7. The molecule has 0 spiro atoms. The number of fused-ring (bicyclic) bond motifs is 2. The third-order valence-corrected chi connectivity index (χ3v) is 6.45. The van der Waals surface area contributed by atoms with Crippen molar-refractivity contribution in [2.45, 2.75) is 13.0 Å². The number of rotatable bonds is 4. The largest absolute Gasteiger partial charge is 0.353 e. The summed E-state index contributed by atoms with van der Waals surface area (Å²) in [5.74, 6) is 1.67. The van der Waals surface area contributed by atoms with E-state index in [0.717, 1.165) is 74.9 Å². The standard InChI is InChI=1S/C25H22N10/c1-14-10-35(13-29-14)25-18-7-21(30-19(18)4-5-28-25)24-17-6-15(2-3-20(17)32-33-24)22-8-27-9-23(31-22)34-11-16(26)12-34/h2-10,13,16,30H,11-12,26H2,1H3,(H,32,33). The smallest absolute Gasteiger partial charge is 0.147 e. The molecule has 35 heavy (non-hydrogen) atoms. The minimum Gasteiger partial charge on any atom is -0.353 e. The van der Waals surface area contributed by atoms with Crippen LogP contribution in [0.4, 0.5) is 5.82 Å². The maximum absolute atomic E-state index is 5.94. The molecular formula is C25H22N10. The van der Waals surface area contributed by atoms with Crippen LogP contribution in [0.3, 0.4) is 0 Å². The highest BCUT2D eigenvalue weighted by Gasteiger charge is 2.24. The highest BCUT2D eigenvalue weighted by atomic mass is 15.3. The zero-order valence-corrected chi connectivity index (χ0v) is 19.0. The lowest BCUT2D eigenvalue weighted by Crippen LogP contribution is -2.56. The molecule has 1 aromatic carbocycles. The quantitative estimate of drug-likeness (QED) is 0.367. The summed E-state index contributed by atoms with van der Waals surface area (Å²) in [4.78, 5) is 23.8. The van der Waals surface area contributed by atoms with Crippen LogP contribution in [0, 0.1) is 6.92 Å². The number of benzene rings is 1. The average molecular weight is 463 g/mol. The van der Waals surface area contributed by atoms with Crippen LogP contribution in [0.5, 0.6) is 0 Å². The van der Waals surface area contributed by atoms with Gasteiger partial charge in [0.05, 0.1) is 40.5 Å². The summed E-state index contributed by atoms with van der Waals surface area (Å²) in [6.07, 6.45) is 9.12. The number of pyridine rings is 1. The first-order chi connectivity index (χ1) is 17.1. The van der Waals surface area contributed by atoms with Gasteiger partial charge >= 0.3 is 0 Å². The molecule has 172 valence electrons. The summed E-state index contributed by atoms with van der Waals surface area (Å²) in [7, 11) is 0. The molecule has 1 aliphatic heterocycles. The van der Waals surface area contributed by atoms with Crippen molar-refractivity contribution >= 4 is 27.6 Å². The maximum atomic E-state index is 5.94. The summed E-state index contributed by atoms with van der Waals surface area (Å²) >= 11 is 0. The van der Waals surface area contributed by atoms with Gasteiger partial charge in [-0.2, -0.15) is 5.10 Å². The van der Waals surface area contributed by atoms with Crippen LogP contribution in [0.25, 0.3) is 50.3 Å². The maximum Gasteiger partial charge on any atom is 0.147 e. The van der Waals surface area contributed by atoms with Gasteiger partial charge < -0.3 is 15.6 Å². The number of aromatic amines is 2. The summed E-state index contributed by atoms with van der Waals surface area (Å²) < 4.78 is 1.94. The topological polar surface area (TPSA) is 130 Å². The zero-order chi connectivity index (χ0) is 23.5. The van der Waals surface area contributed by atoms with E-state index < -0.39 is 0 Å². The first kappa shape index (κ1) is 19.9. The lowest BCUT2D eigenvalue weighted by molar-refractivity contribution is 0.514. The molecule has 0 bridgehead atoms. The van der Waals surface area contributed by atoms with Crippen molar-refractivity contribution in [3.05, 3.63) is 67.1 Å². The molecule has 1 saturated heterocycles. The van der Waals surface area contributed by atoms with Crippen molar-refractivity contribution in [2.75, 3.05) is 18.0 Å². The summed E-state index contributed by atoms with van der Waals surface area (Å²) in [6.45, 7) is 3.57. The normalized spacial score (nSPS) is 14.2. The Morgan fingerprint density at radius 2 is 1.94 bits per heavy atom. The summed E-state index contributed by atoms with van der Waals surface area (Å²) in [5.41, 5.74) is 12.3. The van der Waals surface area contributed by atoms with Crippen LogP contribution in [0.15, 0.2) is 61.4 Å². The Hall–Kier alpha value is -4.57. The number of aromatic nitrogens is 8. The average Bonchev–Trinajstić information content (AvgIpc) is 3.59. The minimum absolute atomic E-state index is 0.204. The molecule has 10 nitrogen and oxygen atoms in total. The van der Waals surface area contributed by atoms with E-state index in [-0.39, 0.29) is 6.04 Å². The monoisotopic (exact) mass is 462 g/mol. The molecule has 0 amide bonds. The minimum atomic E-state index is 0.204. The molecule has 0 aliphatic carbocycles. The van der Waals surface area contributed by atoms with E-state index in [4.69, 9.17) is 10.7 Å². The fourth-order valence-electron chi connectivity index (χ4n) is 4.63. The van der Waals surface area contributed by atoms with Crippen LogP contribution in [0.2, 0.25) is 0 Å². The molecule has 0 radical (unpaired) electrons. The first-order valence-corrected chi connectivity index (χ1v) is 11.4. The van der Waals surface area contributed by atoms with E-state index in [1.165, 1.54) is 0 Å². The van der Waals surface area contributed by atoms with Crippen LogP contribution >= 0.6 is 0 Å². The van der Waals surface area contributed by atoms with Gasteiger partial charge in [0.15, 0.2) is 0 Å². The molecule has 0 unspecified atom stereocenters. The Bertz CT molecular complexity index is 1700. The second-order valence-electron chi connectivity index (χ2n) is 8.96. The van der Waals surface area contributed by atoms with Crippen LogP contribution in [-0.2, 0) is 0 Å². The molecule has 6 heterocycles. The van der Waals surface area contributed by atoms with E-state index in [2.05, 4.69) is 47.2 Å². The van der Waals surface area contributed by atoms with Gasteiger partial charge in [-0.25, -0.2) is 15.0 Å². The molecule has 0 saturated carbocycles. The van der Waals surface area contributed by atoms with Crippen molar-refractivity contribution in [1.29, 1.82) is 0 Å². The predicted octanol–water partition coefficient (Wildman–Crippen LogP) is 3.20. The number of hydrogen-bond donors (Lipinski definition) is 3. The number of anilines is 1. The molecule has 4 N–H and O–H groups in total.